The molecule has 0 bridgehead atoms. The van der Waals surface area contributed by atoms with Crippen molar-refractivity contribution >= 4 is 29.1 Å². The van der Waals surface area contributed by atoms with Gasteiger partial charge in [-0.15, -0.1) is 11.8 Å². The van der Waals surface area contributed by atoms with Crippen molar-refractivity contribution in [2.45, 2.75) is 38.0 Å². The Hall–Kier alpha value is -2.07. The van der Waals surface area contributed by atoms with E-state index in [4.69, 9.17) is 0 Å². The normalized spacial score (nSPS) is 11.8. The van der Waals surface area contributed by atoms with Crippen LogP contribution in [0.1, 0.15) is 49.0 Å². The van der Waals surface area contributed by atoms with Gasteiger partial charge >= 0.3 is 0 Å². The molecule has 24 heavy (non-hydrogen) atoms. The van der Waals surface area contributed by atoms with Gasteiger partial charge in [0, 0.05) is 23.1 Å². The van der Waals surface area contributed by atoms with Gasteiger partial charge in [-0.25, -0.2) is 0 Å². The van der Waals surface area contributed by atoms with Crippen LogP contribution in [0.2, 0.25) is 0 Å². The van der Waals surface area contributed by atoms with Crippen LogP contribution in [0.4, 0.5) is 5.69 Å². The molecule has 3 nitrogen and oxygen atoms in total. The molecule has 0 saturated heterocycles. The summed E-state index contributed by atoms with van der Waals surface area (Å²) in [5.74, 6) is 0.959. The second-order valence-corrected chi connectivity index (χ2v) is 6.90. The average molecular weight is 341 g/mol. The number of rotatable bonds is 7. The lowest BCUT2D eigenvalue weighted by atomic mass is 9.97. The first-order chi connectivity index (χ1) is 11.5. The van der Waals surface area contributed by atoms with Crippen LogP contribution in [0.25, 0.3) is 0 Å². The van der Waals surface area contributed by atoms with Crippen molar-refractivity contribution < 1.29 is 9.59 Å². The predicted molar refractivity (Wildman–Crippen MR) is 101 cm³/mol. The maximum Gasteiger partial charge on any atom is 0.221 e. The van der Waals surface area contributed by atoms with Crippen LogP contribution >= 0.6 is 11.8 Å². The van der Waals surface area contributed by atoms with E-state index in [1.807, 2.05) is 48.5 Å². The van der Waals surface area contributed by atoms with E-state index in [0.717, 1.165) is 22.6 Å². The molecule has 0 aliphatic rings. The molecule has 0 aliphatic heterocycles. The Morgan fingerprint density at radius 1 is 1.04 bits per heavy atom. The molecule has 1 atom stereocenters. The largest absolute Gasteiger partial charge is 0.326 e. The van der Waals surface area contributed by atoms with Gasteiger partial charge in [0.05, 0.1) is 5.75 Å². The Bertz CT molecular complexity index is 693. The minimum atomic E-state index is -0.0913. The zero-order chi connectivity index (χ0) is 17.5. The van der Waals surface area contributed by atoms with E-state index < -0.39 is 0 Å². The Morgan fingerprint density at radius 2 is 1.67 bits per heavy atom. The van der Waals surface area contributed by atoms with E-state index in [1.165, 1.54) is 24.2 Å². The molecule has 1 unspecified atom stereocenters. The fourth-order valence-electron chi connectivity index (χ4n) is 2.30. The van der Waals surface area contributed by atoms with Crippen molar-refractivity contribution in [3.05, 3.63) is 59.7 Å². The van der Waals surface area contributed by atoms with Crippen molar-refractivity contribution in [2.75, 3.05) is 11.1 Å². The van der Waals surface area contributed by atoms with Gasteiger partial charge in [0.2, 0.25) is 5.91 Å². The summed E-state index contributed by atoms with van der Waals surface area (Å²) in [6.07, 6.45) is 1.09. The van der Waals surface area contributed by atoms with E-state index in [-0.39, 0.29) is 11.7 Å². The second-order valence-electron chi connectivity index (χ2n) is 5.85. The van der Waals surface area contributed by atoms with Gasteiger partial charge in [-0.3, -0.25) is 9.59 Å². The summed E-state index contributed by atoms with van der Waals surface area (Å²) in [6, 6.07) is 15.5. The summed E-state index contributed by atoms with van der Waals surface area (Å²) in [5.41, 5.74) is 2.79. The van der Waals surface area contributed by atoms with Gasteiger partial charge in [0.15, 0.2) is 5.78 Å². The predicted octanol–water partition coefficient (Wildman–Crippen LogP) is 5.13. The Labute approximate surface area is 147 Å². The third-order valence-corrected chi connectivity index (χ3v) is 4.97. The quantitative estimate of drug-likeness (QED) is 0.561. The van der Waals surface area contributed by atoms with Crippen molar-refractivity contribution in [3.8, 4) is 0 Å². The minimum Gasteiger partial charge on any atom is -0.326 e. The SMILES string of the molecule is CCC(C)c1ccc(C(=O)CSc2ccc(NC(C)=O)cc2)cc1. The highest BCUT2D eigenvalue weighted by Gasteiger charge is 2.08. The molecule has 126 valence electrons. The molecule has 2 rings (SSSR count). The molecule has 2 aromatic rings. The lowest BCUT2D eigenvalue weighted by Gasteiger charge is -2.09. The van der Waals surface area contributed by atoms with E-state index in [9.17, 15) is 9.59 Å². The summed E-state index contributed by atoms with van der Waals surface area (Å²) in [4.78, 5) is 24.3. The number of carbonyl (C=O) groups is 2. The first-order valence-electron chi connectivity index (χ1n) is 8.13. The minimum absolute atomic E-state index is 0.0913. The van der Waals surface area contributed by atoms with Crippen LogP contribution in [0.5, 0.6) is 0 Å². The molecule has 1 N–H and O–H groups in total. The Morgan fingerprint density at radius 3 is 2.21 bits per heavy atom. The fraction of sp³-hybridized carbons (Fsp3) is 0.300. The van der Waals surface area contributed by atoms with Gasteiger partial charge in [-0.05, 0) is 42.2 Å². The van der Waals surface area contributed by atoms with E-state index in [0.29, 0.717) is 11.7 Å². The standard InChI is InChI=1S/C20H23NO2S/c1-4-14(2)16-5-7-17(8-6-16)20(23)13-24-19-11-9-18(10-12-19)21-15(3)22/h5-12,14H,4,13H2,1-3H3,(H,21,22). The monoisotopic (exact) mass is 341 g/mol. The lowest BCUT2D eigenvalue weighted by molar-refractivity contribution is -0.114. The van der Waals surface area contributed by atoms with Crippen LogP contribution in [0, 0.1) is 0 Å². The highest BCUT2D eigenvalue weighted by Crippen LogP contribution is 2.23. The second kappa shape index (κ2) is 8.69. The summed E-state index contributed by atoms with van der Waals surface area (Å²) in [7, 11) is 0. The molecule has 0 heterocycles. The number of carbonyl (C=O) groups excluding carboxylic acids is 2. The van der Waals surface area contributed by atoms with Crippen molar-refractivity contribution in [3.63, 3.8) is 0 Å². The van der Waals surface area contributed by atoms with Crippen LogP contribution in [0.3, 0.4) is 0 Å². The smallest absolute Gasteiger partial charge is 0.221 e. The summed E-state index contributed by atoms with van der Waals surface area (Å²) in [6.45, 7) is 5.84. The maximum atomic E-state index is 12.3. The van der Waals surface area contributed by atoms with Crippen molar-refractivity contribution in [1.82, 2.24) is 0 Å². The number of Topliss-reactive ketones (excluding diaryl/α,β-unsaturated/α-hetero) is 1. The summed E-state index contributed by atoms with van der Waals surface area (Å²) < 4.78 is 0. The van der Waals surface area contributed by atoms with Crippen molar-refractivity contribution in [1.29, 1.82) is 0 Å². The Kier molecular flexibility index (Phi) is 6.62. The number of nitrogens with one attached hydrogen (secondary N) is 1. The Balaban J connectivity index is 1.91. The zero-order valence-electron chi connectivity index (χ0n) is 14.3. The highest BCUT2D eigenvalue weighted by molar-refractivity contribution is 8.00. The van der Waals surface area contributed by atoms with Gasteiger partial charge in [-0.2, -0.15) is 0 Å². The third-order valence-electron chi connectivity index (χ3n) is 3.96. The number of hydrogen-bond donors (Lipinski definition) is 1. The number of amides is 1. The number of ketones is 1. The fourth-order valence-corrected chi connectivity index (χ4v) is 3.10. The van der Waals surface area contributed by atoms with Gasteiger partial charge in [0.1, 0.15) is 0 Å². The molecule has 0 aliphatic carbocycles. The number of hydrogen-bond acceptors (Lipinski definition) is 3. The zero-order valence-corrected chi connectivity index (χ0v) is 15.2. The highest BCUT2D eigenvalue weighted by atomic mass is 32.2. The van der Waals surface area contributed by atoms with Gasteiger partial charge < -0.3 is 5.32 Å². The molecule has 1 amide bonds. The third kappa shape index (κ3) is 5.24. The molecule has 4 heteroatoms. The average Bonchev–Trinajstić information content (AvgIpc) is 2.60. The molecule has 0 spiro atoms. The lowest BCUT2D eigenvalue weighted by Crippen LogP contribution is -2.05. The van der Waals surface area contributed by atoms with Crippen LogP contribution in [0.15, 0.2) is 53.4 Å². The molecular formula is C20H23NO2S. The molecular weight excluding hydrogens is 318 g/mol. The van der Waals surface area contributed by atoms with E-state index in [1.54, 1.807) is 0 Å². The van der Waals surface area contributed by atoms with Gasteiger partial charge in [0.25, 0.3) is 0 Å². The molecule has 0 saturated carbocycles. The molecule has 2 aromatic carbocycles. The first-order valence-corrected chi connectivity index (χ1v) is 9.11. The van der Waals surface area contributed by atoms with E-state index in [2.05, 4.69) is 19.2 Å². The first kappa shape index (κ1) is 18.3. The number of anilines is 1. The number of benzene rings is 2. The van der Waals surface area contributed by atoms with Crippen molar-refractivity contribution in [2.24, 2.45) is 0 Å². The molecule has 0 radical (unpaired) electrons. The van der Waals surface area contributed by atoms with Crippen LogP contribution in [-0.4, -0.2) is 17.4 Å². The van der Waals surface area contributed by atoms with Gasteiger partial charge in [-0.1, -0.05) is 38.1 Å². The molecule has 0 aromatic heterocycles. The summed E-state index contributed by atoms with van der Waals surface area (Å²) in [5, 5.41) is 2.73. The summed E-state index contributed by atoms with van der Waals surface area (Å²) >= 11 is 1.50. The van der Waals surface area contributed by atoms with E-state index >= 15 is 0 Å². The molecule has 0 fully saturated rings. The van der Waals surface area contributed by atoms with Crippen LogP contribution in [-0.2, 0) is 4.79 Å². The number of thioether (sulfide) groups is 1. The topological polar surface area (TPSA) is 46.2 Å². The maximum absolute atomic E-state index is 12.3. The van der Waals surface area contributed by atoms with Crippen LogP contribution < -0.4 is 5.32 Å².